The monoisotopic (exact) mass is 453 g/mol. The summed E-state index contributed by atoms with van der Waals surface area (Å²) in [6, 6.07) is -0.885. The van der Waals surface area contributed by atoms with Gasteiger partial charge in [-0.3, -0.25) is 9.59 Å². The lowest BCUT2D eigenvalue weighted by molar-refractivity contribution is -0.259. The molecule has 0 aromatic heterocycles. The van der Waals surface area contributed by atoms with Gasteiger partial charge in [-0.15, -0.1) is 0 Å². The second kappa shape index (κ2) is 10.9. The maximum Gasteiger partial charge on any atom is 0.329 e. The van der Waals surface area contributed by atoms with Crippen LogP contribution in [0, 0.1) is 11.8 Å². The number of amides is 1. The van der Waals surface area contributed by atoms with E-state index in [1.165, 1.54) is 4.90 Å². The molecule has 2 aliphatic rings. The Hall–Kier alpha value is -1.77. The molecule has 182 valence electrons. The van der Waals surface area contributed by atoms with Crippen molar-refractivity contribution in [3.63, 3.8) is 0 Å². The number of rotatable bonds is 7. The Bertz CT molecular complexity index is 734. The molecule has 8 nitrogen and oxygen atoms in total. The Morgan fingerprint density at radius 3 is 2.41 bits per heavy atom. The van der Waals surface area contributed by atoms with Crippen LogP contribution in [0.2, 0.25) is 0 Å². The van der Waals surface area contributed by atoms with Gasteiger partial charge in [-0.2, -0.15) is 0 Å². The molecule has 1 unspecified atom stereocenters. The highest BCUT2D eigenvalue weighted by atomic mass is 16.6. The predicted octanol–water partition coefficient (Wildman–Crippen LogP) is 2.36. The first kappa shape index (κ1) is 26.5. The minimum atomic E-state index is -2.18. The summed E-state index contributed by atoms with van der Waals surface area (Å²) in [6.45, 7) is 10.8. The number of piperidine rings is 1. The van der Waals surface area contributed by atoms with Crippen molar-refractivity contribution in [3.8, 4) is 0 Å². The number of ketones is 1. The molecule has 2 rings (SSSR count). The molecule has 0 aromatic carbocycles. The molecule has 2 saturated heterocycles. The van der Waals surface area contributed by atoms with Crippen LogP contribution < -0.4 is 0 Å². The molecule has 2 aliphatic heterocycles. The van der Waals surface area contributed by atoms with Crippen LogP contribution in [0.15, 0.2) is 11.6 Å². The fraction of sp³-hybridized carbons (Fsp3) is 0.792. The number of esters is 1. The molecule has 0 saturated carbocycles. The topological polar surface area (TPSA) is 113 Å². The first-order chi connectivity index (χ1) is 14.9. The van der Waals surface area contributed by atoms with Crippen molar-refractivity contribution in [1.29, 1.82) is 0 Å². The Balaban J connectivity index is 2.13. The standard InChI is InChI=1S/C24H39NO7/c1-14(18(5)26)13-15(2)19(6)31-23(29)20-9-7-8-12-25(20)22(28)21(27)24(30)16(3)10-11-17(4)32-24/h13-14,16-20,26,30H,7-12H2,1-6H3/b15-13+/t14-,16-,17?,18+,19+,20+,24-/m1/s1. The van der Waals surface area contributed by atoms with Crippen LogP contribution in [-0.4, -0.2) is 69.5 Å². The number of Topliss-reactive ketones (excluding diaryl/α,β-unsaturated/α-hetero) is 1. The first-order valence-corrected chi connectivity index (χ1v) is 11.7. The average Bonchev–Trinajstić information content (AvgIpc) is 2.75. The van der Waals surface area contributed by atoms with Gasteiger partial charge >= 0.3 is 5.97 Å². The summed E-state index contributed by atoms with van der Waals surface area (Å²) in [5, 5.41) is 20.6. The van der Waals surface area contributed by atoms with E-state index in [9.17, 15) is 24.6 Å². The number of hydrogen-bond donors (Lipinski definition) is 2. The zero-order valence-electron chi connectivity index (χ0n) is 20.2. The number of carbonyl (C=O) groups is 3. The van der Waals surface area contributed by atoms with Crippen LogP contribution in [0.25, 0.3) is 0 Å². The fourth-order valence-electron chi connectivity index (χ4n) is 4.18. The van der Waals surface area contributed by atoms with Gasteiger partial charge < -0.3 is 24.6 Å². The molecule has 0 spiro atoms. The van der Waals surface area contributed by atoms with Crippen molar-refractivity contribution in [3.05, 3.63) is 11.6 Å². The summed E-state index contributed by atoms with van der Waals surface area (Å²) in [4.78, 5) is 40.3. The summed E-state index contributed by atoms with van der Waals surface area (Å²) in [6.07, 6.45) is 3.50. The van der Waals surface area contributed by atoms with Gasteiger partial charge in [0.1, 0.15) is 12.1 Å². The number of nitrogens with zero attached hydrogens (tertiary/aromatic N) is 1. The maximum absolute atomic E-state index is 13.1. The van der Waals surface area contributed by atoms with Gasteiger partial charge in [-0.1, -0.05) is 19.9 Å². The SMILES string of the molecule is C/C(=C\[C@@H](C)[C@H](C)O)[C@H](C)OC(=O)[C@@H]1CCCCN1C(=O)C(=O)[C@]1(O)OC(C)CC[C@H]1C. The van der Waals surface area contributed by atoms with Gasteiger partial charge in [0, 0.05) is 18.4 Å². The minimum absolute atomic E-state index is 0.0952. The van der Waals surface area contributed by atoms with Crippen molar-refractivity contribution in [2.24, 2.45) is 11.8 Å². The zero-order chi connectivity index (χ0) is 24.2. The molecule has 7 atom stereocenters. The molecule has 2 heterocycles. The second-order valence-corrected chi connectivity index (χ2v) is 9.53. The molecular formula is C24H39NO7. The third-order valence-corrected chi connectivity index (χ3v) is 6.83. The van der Waals surface area contributed by atoms with Gasteiger partial charge in [0.15, 0.2) is 0 Å². The average molecular weight is 454 g/mol. The molecule has 8 heteroatoms. The lowest BCUT2D eigenvalue weighted by Gasteiger charge is -2.41. The van der Waals surface area contributed by atoms with Crippen molar-refractivity contribution in [1.82, 2.24) is 4.90 Å². The molecule has 2 fully saturated rings. The van der Waals surface area contributed by atoms with Crippen molar-refractivity contribution < 1.29 is 34.1 Å². The molecule has 0 aliphatic carbocycles. The van der Waals surface area contributed by atoms with Crippen LogP contribution in [0.4, 0.5) is 0 Å². The molecule has 0 radical (unpaired) electrons. The van der Waals surface area contributed by atoms with E-state index in [0.29, 0.717) is 25.7 Å². The maximum atomic E-state index is 13.1. The van der Waals surface area contributed by atoms with Crippen LogP contribution in [-0.2, 0) is 23.9 Å². The van der Waals surface area contributed by atoms with Crippen molar-refractivity contribution in [2.45, 2.75) is 104 Å². The van der Waals surface area contributed by atoms with Crippen molar-refractivity contribution in [2.75, 3.05) is 6.54 Å². The lowest BCUT2D eigenvalue weighted by Crippen LogP contribution is -2.60. The highest BCUT2D eigenvalue weighted by Gasteiger charge is 2.52. The van der Waals surface area contributed by atoms with E-state index in [0.717, 1.165) is 12.0 Å². The summed E-state index contributed by atoms with van der Waals surface area (Å²) in [7, 11) is 0. The molecule has 0 bridgehead atoms. The van der Waals surface area contributed by atoms with Gasteiger partial charge in [0.05, 0.1) is 12.2 Å². The number of carbonyl (C=O) groups excluding carboxylic acids is 3. The van der Waals surface area contributed by atoms with E-state index in [4.69, 9.17) is 9.47 Å². The summed E-state index contributed by atoms with van der Waals surface area (Å²) in [5.41, 5.74) is 0.796. The Morgan fingerprint density at radius 2 is 1.78 bits per heavy atom. The van der Waals surface area contributed by atoms with E-state index in [-0.39, 0.29) is 18.6 Å². The van der Waals surface area contributed by atoms with Crippen LogP contribution in [0.5, 0.6) is 0 Å². The second-order valence-electron chi connectivity index (χ2n) is 9.53. The van der Waals surface area contributed by atoms with Crippen LogP contribution in [0.3, 0.4) is 0 Å². The summed E-state index contributed by atoms with van der Waals surface area (Å²) >= 11 is 0. The fourth-order valence-corrected chi connectivity index (χ4v) is 4.18. The smallest absolute Gasteiger partial charge is 0.329 e. The third-order valence-electron chi connectivity index (χ3n) is 6.83. The number of likely N-dealkylation sites (tertiary alicyclic amines) is 1. The number of hydrogen-bond acceptors (Lipinski definition) is 7. The number of ether oxygens (including phenoxy) is 2. The third kappa shape index (κ3) is 5.97. The normalized spacial score (nSPS) is 32.1. The Morgan fingerprint density at radius 1 is 1.12 bits per heavy atom. The molecular weight excluding hydrogens is 414 g/mol. The highest BCUT2D eigenvalue weighted by Crippen LogP contribution is 2.34. The van der Waals surface area contributed by atoms with E-state index in [1.807, 2.05) is 19.9 Å². The van der Waals surface area contributed by atoms with Gasteiger partial charge in [-0.05, 0) is 65.4 Å². The van der Waals surface area contributed by atoms with Gasteiger partial charge in [0.25, 0.3) is 11.7 Å². The molecule has 2 N–H and O–H groups in total. The number of aliphatic hydroxyl groups is 2. The largest absolute Gasteiger partial charge is 0.457 e. The van der Waals surface area contributed by atoms with Gasteiger partial charge in [-0.25, -0.2) is 4.79 Å². The van der Waals surface area contributed by atoms with E-state index in [2.05, 4.69) is 0 Å². The summed E-state index contributed by atoms with van der Waals surface area (Å²) in [5.74, 6) is -5.29. The quantitative estimate of drug-likeness (QED) is 0.346. The van der Waals surface area contributed by atoms with E-state index in [1.54, 1.807) is 27.7 Å². The first-order valence-electron chi connectivity index (χ1n) is 11.7. The minimum Gasteiger partial charge on any atom is -0.457 e. The molecule has 1 amide bonds. The highest BCUT2D eigenvalue weighted by molar-refractivity contribution is 6.39. The lowest BCUT2D eigenvalue weighted by atomic mass is 9.87. The van der Waals surface area contributed by atoms with Crippen molar-refractivity contribution >= 4 is 17.7 Å². The van der Waals surface area contributed by atoms with Gasteiger partial charge in [0.2, 0.25) is 5.79 Å². The van der Waals surface area contributed by atoms with Crippen LogP contribution >= 0.6 is 0 Å². The molecule has 32 heavy (non-hydrogen) atoms. The van der Waals surface area contributed by atoms with Crippen LogP contribution in [0.1, 0.15) is 73.6 Å². The Kier molecular flexibility index (Phi) is 9.02. The predicted molar refractivity (Wildman–Crippen MR) is 118 cm³/mol. The Labute approximate surface area is 190 Å². The van der Waals surface area contributed by atoms with E-state index < -0.39 is 47.6 Å². The van der Waals surface area contributed by atoms with E-state index >= 15 is 0 Å². The number of aliphatic hydroxyl groups excluding tert-OH is 1. The zero-order valence-corrected chi connectivity index (χ0v) is 20.2. The molecule has 0 aromatic rings. The summed E-state index contributed by atoms with van der Waals surface area (Å²) < 4.78 is 11.1.